The highest BCUT2D eigenvalue weighted by Crippen LogP contribution is 2.17. The molecule has 1 N–H and O–H groups in total. The number of likely N-dealkylation sites (tertiary alicyclic amines) is 1. The Hall–Kier alpha value is -1.45. The van der Waals surface area contributed by atoms with Crippen molar-refractivity contribution in [1.29, 1.82) is 0 Å². The van der Waals surface area contributed by atoms with E-state index in [0.717, 1.165) is 5.56 Å². The van der Waals surface area contributed by atoms with Crippen molar-refractivity contribution < 1.29 is 21.6 Å². The van der Waals surface area contributed by atoms with Crippen LogP contribution >= 0.6 is 0 Å². The van der Waals surface area contributed by atoms with Crippen LogP contribution in [0.1, 0.15) is 24.8 Å². The van der Waals surface area contributed by atoms with Gasteiger partial charge in [0.05, 0.1) is 10.1 Å². The number of hydrogen-bond donors (Lipinski definition) is 1. The van der Waals surface area contributed by atoms with Gasteiger partial charge in [-0.05, 0) is 37.5 Å². The van der Waals surface area contributed by atoms with E-state index in [1.807, 2.05) is 13.0 Å². The number of amides is 1. The number of nitrogens with one attached hydrogen (secondary N) is 1. The van der Waals surface area contributed by atoms with Crippen molar-refractivity contribution in [3.05, 3.63) is 29.8 Å². The lowest BCUT2D eigenvalue weighted by atomic mass is 10.1. The Bertz CT molecular complexity index is 826. The summed E-state index contributed by atoms with van der Waals surface area (Å²) in [7, 11) is -6.71. The lowest BCUT2D eigenvalue weighted by Gasteiger charge is -2.31. The van der Waals surface area contributed by atoms with E-state index in [2.05, 4.69) is 4.72 Å². The molecule has 0 bridgehead atoms. The summed E-state index contributed by atoms with van der Waals surface area (Å²) in [5.41, 5.74) is 0.840. The zero-order valence-corrected chi connectivity index (χ0v) is 16.1. The van der Waals surface area contributed by atoms with Gasteiger partial charge in [-0.1, -0.05) is 12.1 Å². The van der Waals surface area contributed by atoms with E-state index in [-0.39, 0.29) is 23.8 Å². The van der Waals surface area contributed by atoms with Gasteiger partial charge in [-0.3, -0.25) is 4.79 Å². The van der Waals surface area contributed by atoms with Gasteiger partial charge >= 0.3 is 0 Å². The first-order chi connectivity index (χ1) is 11.6. The molecule has 2 rings (SSSR count). The normalized spacial score (nSPS) is 16.8. The highest BCUT2D eigenvalue weighted by Gasteiger charge is 2.28. The van der Waals surface area contributed by atoms with Crippen molar-refractivity contribution in [2.24, 2.45) is 0 Å². The second-order valence-corrected chi connectivity index (χ2v) is 10.5. The molecule has 0 spiro atoms. The zero-order chi connectivity index (χ0) is 18.7. The topological polar surface area (TPSA) is 101 Å². The number of benzene rings is 1. The predicted octanol–water partition coefficient (Wildman–Crippen LogP) is 0.699. The highest BCUT2D eigenvalue weighted by atomic mass is 32.2. The van der Waals surface area contributed by atoms with Crippen LogP contribution in [0.2, 0.25) is 0 Å². The monoisotopic (exact) mass is 388 g/mol. The Kier molecular flexibility index (Phi) is 6.23. The third-order valence-electron chi connectivity index (χ3n) is 4.33. The molecule has 25 heavy (non-hydrogen) atoms. The summed E-state index contributed by atoms with van der Waals surface area (Å²) in [6, 6.07) is 6.55. The van der Waals surface area contributed by atoms with Gasteiger partial charge in [0.1, 0.15) is 9.84 Å². The lowest BCUT2D eigenvalue weighted by Crippen LogP contribution is -2.43. The number of carbonyl (C=O) groups is 1. The fraction of sp³-hybridized carbons (Fsp3) is 0.562. The summed E-state index contributed by atoms with van der Waals surface area (Å²) in [5, 5.41) is -0.392. The zero-order valence-electron chi connectivity index (χ0n) is 14.4. The van der Waals surface area contributed by atoms with Gasteiger partial charge in [-0.2, -0.15) is 0 Å². The average molecular weight is 389 g/mol. The lowest BCUT2D eigenvalue weighted by molar-refractivity contribution is -0.131. The molecule has 1 saturated heterocycles. The Morgan fingerprint density at radius 1 is 1.20 bits per heavy atom. The van der Waals surface area contributed by atoms with Crippen LogP contribution in [0.5, 0.6) is 0 Å². The van der Waals surface area contributed by atoms with Gasteiger partial charge in [-0.25, -0.2) is 21.6 Å². The Labute approximate surface area is 149 Å². The molecule has 0 radical (unpaired) electrons. The minimum atomic E-state index is -3.64. The molecule has 0 unspecified atom stereocenters. The van der Waals surface area contributed by atoms with Crippen LogP contribution in [0, 0.1) is 6.92 Å². The smallest absolute Gasteiger partial charge is 0.240 e. The number of carbonyl (C=O) groups excluding carboxylic acids is 1. The highest BCUT2D eigenvalue weighted by molar-refractivity contribution is 7.91. The fourth-order valence-corrected chi connectivity index (χ4v) is 5.05. The maximum atomic E-state index is 12.2. The van der Waals surface area contributed by atoms with Gasteiger partial charge in [0, 0.05) is 32.3 Å². The van der Waals surface area contributed by atoms with Gasteiger partial charge < -0.3 is 4.90 Å². The molecule has 1 aromatic carbocycles. The molecular weight excluding hydrogens is 364 g/mol. The molecule has 7 nitrogen and oxygen atoms in total. The number of hydrogen-bond acceptors (Lipinski definition) is 5. The van der Waals surface area contributed by atoms with Crippen molar-refractivity contribution in [3.63, 3.8) is 0 Å². The molecule has 1 aliphatic rings. The van der Waals surface area contributed by atoms with Crippen molar-refractivity contribution in [3.8, 4) is 0 Å². The number of piperidine rings is 1. The second-order valence-electron chi connectivity index (χ2n) is 6.37. The summed E-state index contributed by atoms with van der Waals surface area (Å²) in [4.78, 5) is 13.9. The molecule has 0 saturated carbocycles. The Balaban J connectivity index is 1.83. The largest absolute Gasteiger partial charge is 0.343 e. The van der Waals surface area contributed by atoms with Crippen LogP contribution in [-0.2, 0) is 24.7 Å². The third-order valence-corrected chi connectivity index (χ3v) is 7.47. The van der Waals surface area contributed by atoms with Crippen molar-refractivity contribution >= 4 is 25.8 Å². The maximum absolute atomic E-state index is 12.2. The first-order valence-electron chi connectivity index (χ1n) is 8.12. The summed E-state index contributed by atoms with van der Waals surface area (Å²) < 4.78 is 49.9. The standard InChI is InChI=1S/C16H24N2O5S2/c1-13-4-3-5-15(12-13)25(22,23)17-9-6-16(19)18-10-7-14(8-11-18)24(2,20)21/h3-5,12,14,17H,6-11H2,1-2H3. The van der Waals surface area contributed by atoms with Gasteiger partial charge in [0.15, 0.2) is 0 Å². The number of sulfonamides is 1. The van der Waals surface area contributed by atoms with Crippen LogP contribution in [0.4, 0.5) is 0 Å². The van der Waals surface area contributed by atoms with Crippen LogP contribution in [0.3, 0.4) is 0 Å². The van der Waals surface area contributed by atoms with Crippen molar-refractivity contribution in [1.82, 2.24) is 9.62 Å². The van der Waals surface area contributed by atoms with Crippen LogP contribution in [0.15, 0.2) is 29.2 Å². The van der Waals surface area contributed by atoms with E-state index in [1.165, 1.54) is 12.3 Å². The first-order valence-corrected chi connectivity index (χ1v) is 11.6. The first kappa shape index (κ1) is 19.9. The van der Waals surface area contributed by atoms with Crippen LogP contribution < -0.4 is 4.72 Å². The molecular formula is C16H24N2O5S2. The van der Waals surface area contributed by atoms with Crippen molar-refractivity contribution in [2.45, 2.75) is 36.3 Å². The summed E-state index contributed by atoms with van der Waals surface area (Å²) in [6.45, 7) is 2.60. The molecule has 1 aliphatic heterocycles. The van der Waals surface area contributed by atoms with Crippen molar-refractivity contribution in [2.75, 3.05) is 25.9 Å². The molecule has 9 heteroatoms. The summed E-state index contributed by atoms with van der Waals surface area (Å²) >= 11 is 0. The van der Waals surface area contributed by atoms with Crippen LogP contribution in [0.25, 0.3) is 0 Å². The Morgan fingerprint density at radius 3 is 2.40 bits per heavy atom. The number of sulfone groups is 1. The molecule has 0 atom stereocenters. The van der Waals surface area contributed by atoms with E-state index < -0.39 is 25.1 Å². The SMILES string of the molecule is Cc1cccc(S(=O)(=O)NCCC(=O)N2CCC(S(C)(=O)=O)CC2)c1. The van der Waals surface area contributed by atoms with E-state index in [0.29, 0.717) is 25.9 Å². The Morgan fingerprint density at radius 2 is 1.84 bits per heavy atom. The van der Waals surface area contributed by atoms with E-state index in [4.69, 9.17) is 0 Å². The van der Waals surface area contributed by atoms with Gasteiger partial charge in [0.25, 0.3) is 0 Å². The van der Waals surface area contributed by atoms with E-state index in [9.17, 15) is 21.6 Å². The molecule has 1 amide bonds. The predicted molar refractivity (Wildman–Crippen MR) is 95.4 cm³/mol. The molecule has 1 fully saturated rings. The minimum absolute atomic E-state index is 0.0150. The van der Waals surface area contributed by atoms with E-state index >= 15 is 0 Å². The second kappa shape index (κ2) is 7.84. The number of aryl methyl sites for hydroxylation is 1. The van der Waals surface area contributed by atoms with Gasteiger partial charge in [0.2, 0.25) is 15.9 Å². The third kappa shape index (κ3) is 5.52. The minimum Gasteiger partial charge on any atom is -0.343 e. The molecule has 140 valence electrons. The van der Waals surface area contributed by atoms with Crippen LogP contribution in [-0.4, -0.2) is 58.8 Å². The van der Waals surface area contributed by atoms with Gasteiger partial charge in [-0.15, -0.1) is 0 Å². The quantitative estimate of drug-likeness (QED) is 0.773. The molecule has 1 aromatic rings. The molecule has 1 heterocycles. The fourth-order valence-electron chi connectivity index (χ4n) is 2.85. The number of nitrogens with zero attached hydrogens (tertiary/aromatic N) is 1. The molecule has 0 aliphatic carbocycles. The summed E-state index contributed by atoms with van der Waals surface area (Å²) in [5.74, 6) is -0.168. The van der Waals surface area contributed by atoms with E-state index in [1.54, 1.807) is 17.0 Å². The maximum Gasteiger partial charge on any atom is 0.240 e. The molecule has 0 aromatic heterocycles. The number of rotatable bonds is 6. The average Bonchev–Trinajstić information content (AvgIpc) is 2.54. The summed E-state index contributed by atoms with van der Waals surface area (Å²) in [6.07, 6.45) is 2.13.